The summed E-state index contributed by atoms with van der Waals surface area (Å²) in [6, 6.07) is 12.0. The van der Waals surface area contributed by atoms with Crippen LogP contribution in [-0.4, -0.2) is 15.7 Å². The number of pyridine rings is 1. The number of fused-ring (bicyclic) bond motifs is 1. The highest BCUT2D eigenvalue weighted by atomic mass is 35.5. The van der Waals surface area contributed by atoms with Crippen LogP contribution < -0.4 is 5.73 Å². The van der Waals surface area contributed by atoms with E-state index in [0.29, 0.717) is 16.1 Å². The van der Waals surface area contributed by atoms with Crippen LogP contribution in [0.25, 0.3) is 16.8 Å². The Bertz CT molecular complexity index is 852. The molecule has 0 aliphatic carbocycles. The fourth-order valence-corrected chi connectivity index (χ4v) is 3.00. The van der Waals surface area contributed by atoms with Gasteiger partial charge in [0.25, 0.3) is 0 Å². The van der Waals surface area contributed by atoms with E-state index in [9.17, 15) is 0 Å². The molecule has 25 heavy (non-hydrogen) atoms. The van der Waals surface area contributed by atoms with Gasteiger partial charge < -0.3 is 5.73 Å². The SMILES string of the molecule is CCC(N)CC.Cc1nn2c(-c3ccc(Cl)cc3Cl)cccc2c1C. The van der Waals surface area contributed by atoms with E-state index in [-0.39, 0.29) is 0 Å². The average molecular weight is 378 g/mol. The molecule has 0 aliphatic heterocycles. The molecule has 3 nitrogen and oxygen atoms in total. The van der Waals surface area contributed by atoms with E-state index in [0.717, 1.165) is 35.3 Å². The molecule has 3 aromatic rings. The zero-order valence-corrected chi connectivity index (χ0v) is 16.7. The van der Waals surface area contributed by atoms with Gasteiger partial charge in [-0.05, 0) is 62.6 Å². The third-order valence-electron chi connectivity index (χ3n) is 4.40. The van der Waals surface area contributed by atoms with E-state index < -0.39 is 0 Å². The molecule has 3 rings (SSSR count). The first-order valence-corrected chi connectivity index (χ1v) is 9.30. The number of rotatable bonds is 3. The second-order valence-corrected chi connectivity index (χ2v) is 6.96. The molecule has 0 amide bonds. The lowest BCUT2D eigenvalue weighted by molar-refractivity contribution is 0.629. The van der Waals surface area contributed by atoms with Crippen molar-refractivity contribution in [3.05, 3.63) is 57.7 Å². The summed E-state index contributed by atoms with van der Waals surface area (Å²) in [6.07, 6.45) is 2.22. The Morgan fingerprint density at radius 2 is 1.76 bits per heavy atom. The Kier molecular flexibility index (Phi) is 6.88. The third-order valence-corrected chi connectivity index (χ3v) is 4.95. The van der Waals surface area contributed by atoms with Gasteiger partial charge in [-0.2, -0.15) is 5.10 Å². The molecule has 2 heterocycles. The number of halogens is 2. The molecule has 2 aromatic heterocycles. The maximum atomic E-state index is 6.29. The molecule has 0 fully saturated rings. The first-order chi connectivity index (χ1) is 11.9. The van der Waals surface area contributed by atoms with Crippen molar-refractivity contribution in [3.63, 3.8) is 0 Å². The van der Waals surface area contributed by atoms with Gasteiger partial charge in [0.15, 0.2) is 0 Å². The number of aromatic nitrogens is 2. The van der Waals surface area contributed by atoms with Gasteiger partial charge >= 0.3 is 0 Å². The minimum absolute atomic E-state index is 0.435. The minimum atomic E-state index is 0.435. The van der Waals surface area contributed by atoms with E-state index in [1.807, 2.05) is 35.7 Å². The first kappa shape index (κ1) is 19.8. The van der Waals surface area contributed by atoms with Crippen LogP contribution in [0, 0.1) is 13.8 Å². The van der Waals surface area contributed by atoms with E-state index in [2.05, 4.69) is 31.9 Å². The second-order valence-electron chi connectivity index (χ2n) is 6.12. The number of nitrogens with two attached hydrogens (primary N) is 1. The Balaban J connectivity index is 0.000000326. The summed E-state index contributed by atoms with van der Waals surface area (Å²) in [4.78, 5) is 0. The highest BCUT2D eigenvalue weighted by Crippen LogP contribution is 2.31. The van der Waals surface area contributed by atoms with Crippen LogP contribution in [0.15, 0.2) is 36.4 Å². The lowest BCUT2D eigenvalue weighted by atomic mass is 10.1. The summed E-state index contributed by atoms with van der Waals surface area (Å²) < 4.78 is 1.93. The maximum Gasteiger partial charge on any atom is 0.0740 e. The van der Waals surface area contributed by atoms with Crippen molar-refractivity contribution in [1.29, 1.82) is 0 Å². The predicted octanol–water partition coefficient (Wildman–Crippen LogP) is 6.06. The molecular formula is C20H25Cl2N3. The van der Waals surface area contributed by atoms with Gasteiger partial charge in [-0.25, -0.2) is 4.52 Å². The van der Waals surface area contributed by atoms with Gasteiger partial charge in [0, 0.05) is 16.6 Å². The molecule has 0 saturated carbocycles. The van der Waals surface area contributed by atoms with Crippen molar-refractivity contribution >= 4 is 28.7 Å². The van der Waals surface area contributed by atoms with Crippen LogP contribution >= 0.6 is 23.2 Å². The monoisotopic (exact) mass is 377 g/mol. The van der Waals surface area contributed by atoms with Crippen molar-refractivity contribution in [2.75, 3.05) is 0 Å². The van der Waals surface area contributed by atoms with Gasteiger partial charge in [-0.3, -0.25) is 0 Å². The van der Waals surface area contributed by atoms with E-state index in [1.54, 1.807) is 6.07 Å². The van der Waals surface area contributed by atoms with Crippen molar-refractivity contribution in [3.8, 4) is 11.3 Å². The maximum absolute atomic E-state index is 6.29. The smallest absolute Gasteiger partial charge is 0.0740 e. The Morgan fingerprint density at radius 3 is 2.32 bits per heavy atom. The number of hydrogen-bond acceptors (Lipinski definition) is 2. The van der Waals surface area contributed by atoms with Crippen LogP contribution in [0.3, 0.4) is 0 Å². The average Bonchev–Trinajstić information content (AvgIpc) is 2.90. The molecule has 0 aliphatic rings. The molecule has 0 spiro atoms. The van der Waals surface area contributed by atoms with Crippen LogP contribution in [0.5, 0.6) is 0 Å². The molecule has 0 atom stereocenters. The topological polar surface area (TPSA) is 43.3 Å². The molecule has 1 aromatic carbocycles. The van der Waals surface area contributed by atoms with E-state index in [4.69, 9.17) is 28.9 Å². The number of benzene rings is 1. The van der Waals surface area contributed by atoms with Crippen molar-refractivity contribution < 1.29 is 0 Å². The Morgan fingerprint density at radius 1 is 1.08 bits per heavy atom. The largest absolute Gasteiger partial charge is 0.328 e. The van der Waals surface area contributed by atoms with Gasteiger partial charge in [0.05, 0.1) is 21.9 Å². The fraction of sp³-hybridized carbons (Fsp3) is 0.350. The predicted molar refractivity (Wildman–Crippen MR) is 109 cm³/mol. The van der Waals surface area contributed by atoms with Gasteiger partial charge in [0.2, 0.25) is 0 Å². The fourth-order valence-electron chi connectivity index (χ4n) is 2.49. The lowest BCUT2D eigenvalue weighted by Crippen LogP contribution is -2.16. The zero-order valence-electron chi connectivity index (χ0n) is 15.2. The Labute approximate surface area is 159 Å². The molecular weight excluding hydrogens is 353 g/mol. The molecule has 0 unspecified atom stereocenters. The Hall–Kier alpha value is -1.55. The summed E-state index contributed by atoms with van der Waals surface area (Å²) >= 11 is 12.2. The number of hydrogen-bond donors (Lipinski definition) is 1. The van der Waals surface area contributed by atoms with Gasteiger partial charge in [-0.15, -0.1) is 0 Å². The quantitative estimate of drug-likeness (QED) is 0.602. The van der Waals surface area contributed by atoms with Crippen LogP contribution in [-0.2, 0) is 0 Å². The molecule has 5 heteroatoms. The third kappa shape index (κ3) is 4.55. The van der Waals surface area contributed by atoms with Crippen LogP contribution in [0.2, 0.25) is 10.0 Å². The van der Waals surface area contributed by atoms with E-state index in [1.165, 1.54) is 5.56 Å². The van der Waals surface area contributed by atoms with Crippen LogP contribution in [0.1, 0.15) is 37.9 Å². The van der Waals surface area contributed by atoms with Crippen molar-refractivity contribution in [2.45, 2.75) is 46.6 Å². The molecule has 0 bridgehead atoms. The van der Waals surface area contributed by atoms with E-state index >= 15 is 0 Å². The molecule has 2 N–H and O–H groups in total. The normalized spacial score (nSPS) is 10.9. The summed E-state index contributed by atoms with van der Waals surface area (Å²) in [6.45, 7) is 8.29. The number of aryl methyl sites for hydroxylation is 2. The van der Waals surface area contributed by atoms with Gasteiger partial charge in [0.1, 0.15) is 0 Å². The van der Waals surface area contributed by atoms with Gasteiger partial charge in [-0.1, -0.05) is 43.1 Å². The highest BCUT2D eigenvalue weighted by molar-refractivity contribution is 6.36. The second kappa shape index (κ2) is 8.70. The standard InChI is InChI=1S/C15H12Cl2N2.C5H13N/c1-9-10(2)18-19-14(9)4-3-5-15(19)12-7-6-11(16)8-13(12)17;1-3-5(6)4-2/h3-8H,1-2H3;5H,3-4,6H2,1-2H3. The summed E-state index contributed by atoms with van der Waals surface area (Å²) in [5.41, 5.74) is 10.7. The molecule has 0 saturated heterocycles. The minimum Gasteiger partial charge on any atom is -0.328 e. The summed E-state index contributed by atoms with van der Waals surface area (Å²) in [7, 11) is 0. The molecule has 134 valence electrons. The first-order valence-electron chi connectivity index (χ1n) is 8.54. The van der Waals surface area contributed by atoms with Crippen LogP contribution in [0.4, 0.5) is 0 Å². The number of nitrogens with zero attached hydrogens (tertiary/aromatic N) is 2. The summed E-state index contributed by atoms with van der Waals surface area (Å²) in [5.74, 6) is 0. The van der Waals surface area contributed by atoms with Crippen molar-refractivity contribution in [2.24, 2.45) is 5.73 Å². The molecule has 0 radical (unpaired) electrons. The highest BCUT2D eigenvalue weighted by Gasteiger charge is 2.11. The van der Waals surface area contributed by atoms with Crippen molar-refractivity contribution in [1.82, 2.24) is 9.61 Å². The lowest BCUT2D eigenvalue weighted by Gasteiger charge is -2.07. The zero-order chi connectivity index (χ0) is 18.6. The summed E-state index contributed by atoms with van der Waals surface area (Å²) in [5, 5.41) is 5.84.